The van der Waals surface area contributed by atoms with Crippen LogP contribution in [-0.2, 0) is 0 Å². The maximum Gasteiger partial charge on any atom is 0.257 e. The molecule has 0 radical (unpaired) electrons. The first kappa shape index (κ1) is 21.3. The lowest BCUT2D eigenvalue weighted by molar-refractivity contribution is 0.102. The van der Waals surface area contributed by atoms with Gasteiger partial charge in [0.05, 0.1) is 30.4 Å². The number of anilines is 1. The molecule has 3 aromatic carbocycles. The van der Waals surface area contributed by atoms with Gasteiger partial charge in [0.1, 0.15) is 0 Å². The molecule has 6 nitrogen and oxygen atoms in total. The van der Waals surface area contributed by atoms with Gasteiger partial charge in [-0.15, -0.1) is 0 Å². The number of ether oxygens (including phenoxy) is 3. The Kier molecular flexibility index (Phi) is 5.64. The average molecular weight is 461 g/mol. The van der Waals surface area contributed by atoms with E-state index < -0.39 is 0 Å². The van der Waals surface area contributed by atoms with E-state index in [9.17, 15) is 4.79 Å². The van der Waals surface area contributed by atoms with Crippen LogP contribution in [0.1, 0.15) is 31.1 Å². The van der Waals surface area contributed by atoms with Crippen LogP contribution in [0.3, 0.4) is 0 Å². The number of carbonyl (C=O) groups excluding carboxylic acids is 1. The fraction of sp³-hybridized carbons (Fsp3) is 0.231. The summed E-state index contributed by atoms with van der Waals surface area (Å²) in [5.41, 5.74) is 3.60. The average Bonchev–Trinajstić information content (AvgIpc) is 3.35. The van der Waals surface area contributed by atoms with Crippen LogP contribution in [0.25, 0.3) is 32.5 Å². The second-order valence-electron chi connectivity index (χ2n) is 7.46. The fourth-order valence-corrected chi connectivity index (χ4v) is 5.16. The molecule has 1 aromatic heterocycles. The lowest BCUT2D eigenvalue weighted by Crippen LogP contribution is -2.13. The molecule has 1 aliphatic carbocycles. The standard InChI is InChI=1S/C26H24N2O4S/c1-4-30-19-13-16(14-20(31-5-2)23(19)32-6-3)25(29)28-26-27-22-17-11-7-9-15-10-8-12-18(21(15)17)24(22)33-26/h7-14H,4-6H2,1-3H3,(H,27,28,29). The van der Waals surface area contributed by atoms with Crippen molar-refractivity contribution in [1.82, 2.24) is 4.98 Å². The van der Waals surface area contributed by atoms with E-state index in [1.807, 2.05) is 26.8 Å². The van der Waals surface area contributed by atoms with Crippen LogP contribution in [0.2, 0.25) is 0 Å². The third kappa shape index (κ3) is 3.68. The molecule has 1 aliphatic rings. The first-order valence-corrected chi connectivity index (χ1v) is 11.9. The molecule has 33 heavy (non-hydrogen) atoms. The van der Waals surface area contributed by atoms with E-state index in [1.54, 1.807) is 12.1 Å². The third-order valence-corrected chi connectivity index (χ3v) is 6.43. The highest BCUT2D eigenvalue weighted by Crippen LogP contribution is 2.50. The van der Waals surface area contributed by atoms with Gasteiger partial charge in [-0.25, -0.2) is 4.98 Å². The van der Waals surface area contributed by atoms with Crippen molar-refractivity contribution in [2.24, 2.45) is 0 Å². The minimum absolute atomic E-state index is 0.279. The van der Waals surface area contributed by atoms with E-state index in [2.05, 4.69) is 35.6 Å². The van der Waals surface area contributed by atoms with Crippen LogP contribution in [0.5, 0.6) is 17.2 Å². The highest BCUT2D eigenvalue weighted by atomic mass is 32.1. The fourth-order valence-electron chi connectivity index (χ4n) is 4.16. The molecule has 1 heterocycles. The van der Waals surface area contributed by atoms with Crippen molar-refractivity contribution >= 4 is 33.1 Å². The number of amides is 1. The number of thiazole rings is 1. The number of aromatic nitrogens is 1. The van der Waals surface area contributed by atoms with Crippen LogP contribution in [0.15, 0.2) is 48.5 Å². The van der Waals surface area contributed by atoms with Crippen molar-refractivity contribution < 1.29 is 19.0 Å². The smallest absolute Gasteiger partial charge is 0.257 e. The number of fused-ring (bicyclic) bond motifs is 3. The SMILES string of the molecule is CCOc1cc(C(=O)Nc2nc3c(s2)-c2cccc4cccc-3c24)cc(OCC)c1OCC. The topological polar surface area (TPSA) is 69.7 Å². The highest BCUT2D eigenvalue weighted by molar-refractivity contribution is 7.20. The summed E-state index contributed by atoms with van der Waals surface area (Å²) in [7, 11) is 0. The zero-order chi connectivity index (χ0) is 22.9. The van der Waals surface area contributed by atoms with Gasteiger partial charge in [0, 0.05) is 16.7 Å². The Labute approximate surface area is 196 Å². The van der Waals surface area contributed by atoms with Gasteiger partial charge in [-0.2, -0.15) is 0 Å². The van der Waals surface area contributed by atoms with Gasteiger partial charge in [0.25, 0.3) is 5.91 Å². The molecule has 168 valence electrons. The highest BCUT2D eigenvalue weighted by Gasteiger charge is 2.26. The van der Waals surface area contributed by atoms with Gasteiger partial charge in [0.2, 0.25) is 5.75 Å². The summed E-state index contributed by atoms with van der Waals surface area (Å²) in [6, 6.07) is 15.9. The summed E-state index contributed by atoms with van der Waals surface area (Å²) in [5, 5.41) is 5.93. The zero-order valence-corrected chi connectivity index (χ0v) is 19.5. The molecule has 5 rings (SSSR count). The lowest BCUT2D eigenvalue weighted by Gasteiger charge is -2.16. The molecule has 0 fully saturated rings. The van der Waals surface area contributed by atoms with Gasteiger partial charge < -0.3 is 14.2 Å². The van der Waals surface area contributed by atoms with E-state index >= 15 is 0 Å². The maximum absolute atomic E-state index is 13.2. The second kappa shape index (κ2) is 8.75. The van der Waals surface area contributed by atoms with Crippen molar-refractivity contribution in [3.05, 3.63) is 54.1 Å². The first-order valence-electron chi connectivity index (χ1n) is 11.1. The zero-order valence-electron chi connectivity index (χ0n) is 18.7. The minimum atomic E-state index is -0.279. The van der Waals surface area contributed by atoms with E-state index in [1.165, 1.54) is 22.1 Å². The summed E-state index contributed by atoms with van der Waals surface area (Å²) in [4.78, 5) is 19.0. The van der Waals surface area contributed by atoms with E-state index in [4.69, 9.17) is 19.2 Å². The number of nitrogens with zero attached hydrogens (tertiary/aromatic N) is 1. The summed E-state index contributed by atoms with van der Waals surface area (Å²) in [6.07, 6.45) is 0. The Morgan fingerprint density at radius 3 is 2.18 bits per heavy atom. The first-order chi connectivity index (χ1) is 16.1. The van der Waals surface area contributed by atoms with Gasteiger partial charge in [-0.3, -0.25) is 10.1 Å². The minimum Gasteiger partial charge on any atom is -0.490 e. The molecular formula is C26H24N2O4S. The molecule has 7 heteroatoms. The summed E-state index contributed by atoms with van der Waals surface area (Å²) in [5.74, 6) is 1.20. The summed E-state index contributed by atoms with van der Waals surface area (Å²) in [6.45, 7) is 7.02. The second-order valence-corrected chi connectivity index (χ2v) is 8.46. The normalized spacial score (nSPS) is 11.4. The molecule has 0 spiro atoms. The number of hydrogen-bond acceptors (Lipinski definition) is 6. The van der Waals surface area contributed by atoms with Crippen LogP contribution >= 0.6 is 11.3 Å². The molecule has 1 N–H and O–H groups in total. The quantitative estimate of drug-likeness (QED) is 0.290. The Bertz CT molecular complexity index is 1280. The largest absolute Gasteiger partial charge is 0.490 e. The lowest BCUT2D eigenvalue weighted by atomic mass is 10.0. The number of hydrogen-bond donors (Lipinski definition) is 1. The van der Waals surface area contributed by atoms with Gasteiger partial charge in [-0.05, 0) is 43.7 Å². The van der Waals surface area contributed by atoms with Gasteiger partial charge in [-0.1, -0.05) is 47.7 Å². The predicted octanol–water partition coefficient (Wildman–Crippen LogP) is 6.39. The van der Waals surface area contributed by atoms with E-state index in [0.717, 1.165) is 21.7 Å². The Hall–Kier alpha value is -3.58. The Balaban J connectivity index is 1.47. The third-order valence-electron chi connectivity index (χ3n) is 5.42. The van der Waals surface area contributed by atoms with Crippen LogP contribution in [0, 0.1) is 0 Å². The van der Waals surface area contributed by atoms with Gasteiger partial charge >= 0.3 is 0 Å². The molecule has 1 amide bonds. The van der Waals surface area contributed by atoms with Crippen LogP contribution in [-0.4, -0.2) is 30.7 Å². The Morgan fingerprint density at radius 1 is 0.909 bits per heavy atom. The van der Waals surface area contributed by atoms with Crippen molar-refractivity contribution in [1.29, 1.82) is 0 Å². The molecule has 0 saturated heterocycles. The van der Waals surface area contributed by atoms with E-state index in [0.29, 0.717) is 47.8 Å². The number of nitrogens with one attached hydrogen (secondary N) is 1. The predicted molar refractivity (Wildman–Crippen MR) is 132 cm³/mol. The molecular weight excluding hydrogens is 436 g/mol. The van der Waals surface area contributed by atoms with Crippen molar-refractivity contribution in [3.8, 4) is 38.9 Å². The molecule has 0 aliphatic heterocycles. The number of carbonyl (C=O) groups is 1. The van der Waals surface area contributed by atoms with E-state index in [-0.39, 0.29) is 5.91 Å². The van der Waals surface area contributed by atoms with Crippen molar-refractivity contribution in [2.75, 3.05) is 25.1 Å². The summed E-state index contributed by atoms with van der Waals surface area (Å²) < 4.78 is 17.2. The molecule has 0 saturated carbocycles. The van der Waals surface area contributed by atoms with Crippen molar-refractivity contribution in [3.63, 3.8) is 0 Å². The molecule has 0 atom stereocenters. The Morgan fingerprint density at radius 2 is 1.55 bits per heavy atom. The molecule has 4 aromatic rings. The number of rotatable bonds is 8. The summed E-state index contributed by atoms with van der Waals surface area (Å²) >= 11 is 1.48. The monoisotopic (exact) mass is 460 g/mol. The van der Waals surface area contributed by atoms with Crippen LogP contribution in [0.4, 0.5) is 5.13 Å². The maximum atomic E-state index is 13.2. The van der Waals surface area contributed by atoms with Gasteiger partial charge in [0.15, 0.2) is 16.6 Å². The van der Waals surface area contributed by atoms with Crippen LogP contribution < -0.4 is 19.5 Å². The van der Waals surface area contributed by atoms with Crippen molar-refractivity contribution in [2.45, 2.75) is 20.8 Å². The molecule has 0 unspecified atom stereocenters. The number of benzene rings is 3. The molecule has 0 bridgehead atoms.